The molecule has 2 N–H and O–H groups in total. The van der Waals surface area contributed by atoms with Crippen molar-refractivity contribution in [3.05, 3.63) is 53.3 Å². The molecular formula is C21H23FN2O4. The van der Waals surface area contributed by atoms with E-state index in [1.165, 1.54) is 31.2 Å². The number of ether oxygens (including phenoxy) is 1. The van der Waals surface area contributed by atoms with Crippen molar-refractivity contribution in [1.82, 2.24) is 0 Å². The highest BCUT2D eigenvalue weighted by atomic mass is 19.1. The Bertz CT molecular complexity index is 896. The first-order valence-electron chi connectivity index (χ1n) is 8.93. The quantitative estimate of drug-likeness (QED) is 0.669. The molecule has 2 amide bonds. The van der Waals surface area contributed by atoms with E-state index in [1.54, 1.807) is 19.1 Å². The second kappa shape index (κ2) is 9.64. The van der Waals surface area contributed by atoms with Crippen molar-refractivity contribution < 1.29 is 23.5 Å². The molecule has 0 spiro atoms. The minimum Gasteiger partial charge on any atom is -0.483 e. The molecule has 6 nitrogen and oxygen atoms in total. The van der Waals surface area contributed by atoms with Crippen LogP contribution in [0.25, 0.3) is 0 Å². The van der Waals surface area contributed by atoms with Gasteiger partial charge in [-0.3, -0.25) is 14.4 Å². The van der Waals surface area contributed by atoms with Crippen molar-refractivity contribution >= 4 is 29.0 Å². The van der Waals surface area contributed by atoms with E-state index >= 15 is 0 Å². The van der Waals surface area contributed by atoms with E-state index in [0.717, 1.165) is 0 Å². The number of halogens is 1. The van der Waals surface area contributed by atoms with Gasteiger partial charge in [-0.15, -0.1) is 0 Å². The van der Waals surface area contributed by atoms with Crippen LogP contribution in [-0.2, 0) is 9.59 Å². The second-order valence-corrected chi connectivity index (χ2v) is 6.36. The van der Waals surface area contributed by atoms with Crippen molar-refractivity contribution in [3.8, 4) is 5.75 Å². The lowest BCUT2D eigenvalue weighted by atomic mass is 10.1. The molecule has 0 fully saturated rings. The number of benzene rings is 2. The highest BCUT2D eigenvalue weighted by Crippen LogP contribution is 2.24. The van der Waals surface area contributed by atoms with Gasteiger partial charge in [0.05, 0.1) is 5.56 Å². The molecule has 0 saturated heterocycles. The van der Waals surface area contributed by atoms with Crippen LogP contribution in [0.5, 0.6) is 5.75 Å². The Morgan fingerprint density at radius 3 is 2.46 bits per heavy atom. The first-order chi connectivity index (χ1) is 13.3. The predicted molar refractivity (Wildman–Crippen MR) is 105 cm³/mol. The monoisotopic (exact) mass is 386 g/mol. The Kier molecular flexibility index (Phi) is 7.26. The van der Waals surface area contributed by atoms with Gasteiger partial charge in [-0.05, 0) is 56.2 Å². The van der Waals surface area contributed by atoms with Crippen LogP contribution in [0, 0.1) is 12.7 Å². The third-order valence-corrected chi connectivity index (χ3v) is 3.95. The minimum atomic E-state index is -0.483. The summed E-state index contributed by atoms with van der Waals surface area (Å²) < 4.78 is 18.8. The lowest BCUT2D eigenvalue weighted by Gasteiger charge is -2.13. The van der Waals surface area contributed by atoms with Gasteiger partial charge in [-0.25, -0.2) is 4.39 Å². The molecule has 2 rings (SSSR count). The highest BCUT2D eigenvalue weighted by molar-refractivity contribution is 5.99. The summed E-state index contributed by atoms with van der Waals surface area (Å²) in [5.74, 6) is -1.12. The number of carbonyl (C=O) groups is 3. The van der Waals surface area contributed by atoms with E-state index in [2.05, 4.69) is 10.6 Å². The molecule has 7 heteroatoms. The Labute approximate surface area is 163 Å². The molecule has 0 aliphatic rings. The Morgan fingerprint density at radius 2 is 1.79 bits per heavy atom. The summed E-state index contributed by atoms with van der Waals surface area (Å²) >= 11 is 0. The molecule has 2 aromatic carbocycles. The summed E-state index contributed by atoms with van der Waals surface area (Å²) in [5.41, 5.74) is 1.81. The Hall–Kier alpha value is -3.22. The molecule has 0 unspecified atom stereocenters. The third-order valence-electron chi connectivity index (χ3n) is 3.95. The van der Waals surface area contributed by atoms with E-state index in [0.29, 0.717) is 29.8 Å². The van der Waals surface area contributed by atoms with Gasteiger partial charge in [0.1, 0.15) is 11.6 Å². The van der Waals surface area contributed by atoms with Crippen LogP contribution in [0.15, 0.2) is 36.4 Å². The van der Waals surface area contributed by atoms with Gasteiger partial charge >= 0.3 is 0 Å². The largest absolute Gasteiger partial charge is 0.483 e. The molecule has 0 aliphatic heterocycles. The third kappa shape index (κ3) is 5.90. The van der Waals surface area contributed by atoms with Crippen molar-refractivity contribution in [3.63, 3.8) is 0 Å². The number of Topliss-reactive ketones (excluding diaryl/α,β-unsaturated/α-hetero) is 1. The van der Waals surface area contributed by atoms with Crippen LogP contribution in [0.4, 0.5) is 15.8 Å². The number of aryl methyl sites for hydroxylation is 1. The van der Waals surface area contributed by atoms with Gasteiger partial charge in [0.15, 0.2) is 12.4 Å². The second-order valence-electron chi connectivity index (χ2n) is 6.36. The molecule has 148 valence electrons. The van der Waals surface area contributed by atoms with Crippen LogP contribution in [-0.4, -0.2) is 24.2 Å². The fraction of sp³-hybridized carbons (Fsp3) is 0.286. The summed E-state index contributed by atoms with van der Waals surface area (Å²) in [7, 11) is 0. The van der Waals surface area contributed by atoms with Gasteiger partial charge < -0.3 is 15.4 Å². The van der Waals surface area contributed by atoms with E-state index in [1.807, 2.05) is 6.92 Å². The average molecular weight is 386 g/mol. The molecule has 0 bridgehead atoms. The highest BCUT2D eigenvalue weighted by Gasteiger charge is 2.13. The van der Waals surface area contributed by atoms with Crippen LogP contribution < -0.4 is 15.4 Å². The molecule has 0 radical (unpaired) electrons. The van der Waals surface area contributed by atoms with Crippen LogP contribution >= 0.6 is 0 Å². The SMILES string of the molecule is CCCC(=O)Nc1ccc(OCC(=O)Nc2cc(F)ccc2C)c(C(C)=O)c1. The van der Waals surface area contributed by atoms with Gasteiger partial charge in [0.2, 0.25) is 5.91 Å². The van der Waals surface area contributed by atoms with Crippen LogP contribution in [0.2, 0.25) is 0 Å². The summed E-state index contributed by atoms with van der Waals surface area (Å²) in [6.45, 7) is 4.66. The number of amides is 2. The number of ketones is 1. The van der Waals surface area contributed by atoms with Crippen molar-refractivity contribution in [2.24, 2.45) is 0 Å². The summed E-state index contributed by atoms with van der Waals surface area (Å²) in [6.07, 6.45) is 1.10. The zero-order chi connectivity index (χ0) is 20.7. The Morgan fingerprint density at radius 1 is 1.04 bits per heavy atom. The zero-order valence-corrected chi connectivity index (χ0v) is 16.1. The molecule has 0 atom stereocenters. The summed E-state index contributed by atoms with van der Waals surface area (Å²) in [4.78, 5) is 35.7. The summed E-state index contributed by atoms with van der Waals surface area (Å²) in [5, 5.41) is 5.29. The summed E-state index contributed by atoms with van der Waals surface area (Å²) in [6, 6.07) is 8.73. The van der Waals surface area contributed by atoms with Crippen molar-refractivity contribution in [2.45, 2.75) is 33.6 Å². The molecule has 28 heavy (non-hydrogen) atoms. The number of carbonyl (C=O) groups excluding carboxylic acids is 3. The lowest BCUT2D eigenvalue weighted by molar-refractivity contribution is -0.118. The van der Waals surface area contributed by atoms with Gasteiger partial charge in [-0.2, -0.15) is 0 Å². The van der Waals surface area contributed by atoms with Gasteiger partial charge in [-0.1, -0.05) is 13.0 Å². The molecular weight excluding hydrogens is 363 g/mol. The van der Waals surface area contributed by atoms with E-state index in [-0.39, 0.29) is 29.6 Å². The molecule has 0 heterocycles. The van der Waals surface area contributed by atoms with Crippen molar-refractivity contribution in [1.29, 1.82) is 0 Å². The normalized spacial score (nSPS) is 10.3. The topological polar surface area (TPSA) is 84.5 Å². The number of hydrogen-bond donors (Lipinski definition) is 2. The Balaban J connectivity index is 2.06. The fourth-order valence-corrected chi connectivity index (χ4v) is 2.52. The van der Waals surface area contributed by atoms with E-state index in [9.17, 15) is 18.8 Å². The number of hydrogen-bond acceptors (Lipinski definition) is 4. The molecule has 0 saturated carbocycles. The molecule has 2 aromatic rings. The standard InChI is InChI=1S/C21H23FN2O4/c1-4-5-20(26)23-16-8-9-19(17(11-16)14(3)25)28-12-21(27)24-18-10-15(22)7-6-13(18)2/h6-11H,4-5,12H2,1-3H3,(H,23,26)(H,24,27). The maximum absolute atomic E-state index is 13.3. The predicted octanol–water partition coefficient (Wildman–Crippen LogP) is 4.09. The number of rotatable bonds is 8. The van der Waals surface area contributed by atoms with Crippen LogP contribution in [0.1, 0.15) is 42.6 Å². The molecule has 0 aliphatic carbocycles. The molecule has 0 aromatic heterocycles. The minimum absolute atomic E-state index is 0.143. The average Bonchev–Trinajstić information content (AvgIpc) is 2.63. The first-order valence-corrected chi connectivity index (χ1v) is 8.93. The van der Waals surface area contributed by atoms with Gasteiger partial charge in [0, 0.05) is 17.8 Å². The van der Waals surface area contributed by atoms with E-state index in [4.69, 9.17) is 4.74 Å². The number of anilines is 2. The fourth-order valence-electron chi connectivity index (χ4n) is 2.52. The van der Waals surface area contributed by atoms with Crippen molar-refractivity contribution in [2.75, 3.05) is 17.2 Å². The first kappa shape index (κ1) is 21.1. The van der Waals surface area contributed by atoms with Gasteiger partial charge in [0.25, 0.3) is 5.91 Å². The van der Waals surface area contributed by atoms with E-state index < -0.39 is 11.7 Å². The zero-order valence-electron chi connectivity index (χ0n) is 16.1. The van der Waals surface area contributed by atoms with Crippen LogP contribution in [0.3, 0.4) is 0 Å². The lowest BCUT2D eigenvalue weighted by Crippen LogP contribution is -2.21. The maximum atomic E-state index is 13.3. The smallest absolute Gasteiger partial charge is 0.262 e. The number of nitrogens with one attached hydrogen (secondary N) is 2. The maximum Gasteiger partial charge on any atom is 0.262 e.